The molecule has 0 aliphatic heterocycles. The summed E-state index contributed by atoms with van der Waals surface area (Å²) < 4.78 is 119. The number of esters is 2. The predicted octanol–water partition coefficient (Wildman–Crippen LogP) is 7.54. The Labute approximate surface area is 218 Å². The Balaban J connectivity index is 1.52. The van der Waals surface area contributed by atoms with E-state index in [0.29, 0.717) is 10.8 Å². The fourth-order valence-electron chi connectivity index (χ4n) is 3.92. The van der Waals surface area contributed by atoms with Gasteiger partial charge in [-0.15, -0.1) is 0 Å². The molecule has 0 radical (unpaired) electrons. The van der Waals surface area contributed by atoms with Crippen molar-refractivity contribution in [2.45, 2.75) is 0 Å². The Morgan fingerprint density at radius 1 is 0.475 bits per heavy atom. The number of fused-ring (bicyclic) bond motifs is 2. The molecule has 0 aliphatic rings. The van der Waals surface area contributed by atoms with Crippen LogP contribution in [0.3, 0.4) is 0 Å². The normalized spacial score (nSPS) is 11.2. The van der Waals surface area contributed by atoms with Crippen molar-refractivity contribution in [3.63, 3.8) is 0 Å². The molecule has 0 unspecified atom stereocenters. The lowest BCUT2D eigenvalue weighted by Crippen LogP contribution is -2.14. The van der Waals surface area contributed by atoms with E-state index in [9.17, 15) is 44.7 Å². The molecule has 0 fully saturated rings. The second kappa shape index (κ2) is 9.95. The van der Waals surface area contributed by atoms with E-state index in [0.717, 1.165) is 0 Å². The summed E-state index contributed by atoms with van der Waals surface area (Å²) >= 11 is 0. The predicted molar refractivity (Wildman–Crippen MR) is 124 cm³/mol. The Hall–Kier alpha value is -5.00. The quantitative estimate of drug-likeness (QED) is 0.0567. The Morgan fingerprint density at radius 3 is 1.23 bits per heavy atom. The van der Waals surface area contributed by atoms with Crippen LogP contribution in [0.15, 0.2) is 60.7 Å². The number of hydrogen-bond acceptors (Lipinski definition) is 4. The highest BCUT2D eigenvalue weighted by Crippen LogP contribution is 2.35. The SMILES string of the molecule is O=C(Oc1cccc2cc3c(OC(=O)c4cc(F)c(F)c(F)c4F)cccc3cc12)c1cc(F)c(F)c(F)c1F. The van der Waals surface area contributed by atoms with Crippen LogP contribution in [0.2, 0.25) is 0 Å². The number of ether oxygens (including phenoxy) is 2. The summed E-state index contributed by atoms with van der Waals surface area (Å²) in [5.41, 5.74) is -2.38. The molecule has 0 saturated carbocycles. The lowest BCUT2D eigenvalue weighted by Gasteiger charge is -2.12. The third-order valence-electron chi connectivity index (χ3n) is 5.85. The van der Waals surface area contributed by atoms with Crippen molar-refractivity contribution in [2.24, 2.45) is 0 Å². The van der Waals surface area contributed by atoms with Crippen LogP contribution in [0, 0.1) is 46.5 Å². The van der Waals surface area contributed by atoms with Crippen molar-refractivity contribution in [3.8, 4) is 11.5 Å². The topological polar surface area (TPSA) is 52.6 Å². The van der Waals surface area contributed by atoms with Gasteiger partial charge in [0, 0.05) is 10.8 Å². The van der Waals surface area contributed by atoms with E-state index < -0.39 is 69.6 Å². The van der Waals surface area contributed by atoms with Crippen LogP contribution in [0.5, 0.6) is 11.5 Å². The number of rotatable bonds is 4. The lowest BCUT2D eigenvalue weighted by atomic mass is 10.0. The van der Waals surface area contributed by atoms with Gasteiger partial charge >= 0.3 is 11.9 Å². The van der Waals surface area contributed by atoms with Gasteiger partial charge in [0.05, 0.1) is 0 Å². The maximum atomic E-state index is 14.1. The molecule has 0 N–H and O–H groups in total. The van der Waals surface area contributed by atoms with E-state index in [4.69, 9.17) is 9.47 Å². The summed E-state index contributed by atoms with van der Waals surface area (Å²) in [5, 5.41) is 1.12. The Bertz CT molecular complexity index is 1750. The molecular formula is C28H10F8O4. The van der Waals surface area contributed by atoms with Gasteiger partial charge in [-0.05, 0) is 47.2 Å². The van der Waals surface area contributed by atoms with Crippen molar-refractivity contribution < 1.29 is 54.2 Å². The maximum absolute atomic E-state index is 14.1. The lowest BCUT2D eigenvalue weighted by molar-refractivity contribution is 0.0720. The second-order valence-electron chi connectivity index (χ2n) is 8.28. The van der Waals surface area contributed by atoms with E-state index in [-0.39, 0.29) is 34.4 Å². The van der Waals surface area contributed by atoms with Crippen LogP contribution in [0.4, 0.5) is 35.1 Å². The molecule has 0 aliphatic carbocycles. The van der Waals surface area contributed by atoms with Gasteiger partial charge in [-0.3, -0.25) is 0 Å². The molecule has 202 valence electrons. The molecular weight excluding hydrogens is 552 g/mol. The summed E-state index contributed by atoms with van der Waals surface area (Å²) in [6.45, 7) is 0. The smallest absolute Gasteiger partial charge is 0.346 e. The van der Waals surface area contributed by atoms with E-state index in [1.807, 2.05) is 0 Å². The van der Waals surface area contributed by atoms with Gasteiger partial charge in [-0.25, -0.2) is 44.7 Å². The number of halogens is 8. The summed E-state index contributed by atoms with van der Waals surface area (Å²) in [6, 6.07) is 11.6. The Morgan fingerprint density at radius 2 is 0.850 bits per heavy atom. The number of hydrogen-bond donors (Lipinski definition) is 0. The zero-order valence-corrected chi connectivity index (χ0v) is 19.4. The van der Waals surface area contributed by atoms with Crippen LogP contribution in [0.1, 0.15) is 20.7 Å². The number of carbonyl (C=O) groups excluding carboxylic acids is 2. The first kappa shape index (κ1) is 26.6. The van der Waals surface area contributed by atoms with Gasteiger partial charge in [-0.2, -0.15) is 0 Å². The molecule has 0 bridgehead atoms. The van der Waals surface area contributed by atoms with Crippen LogP contribution in [0.25, 0.3) is 21.5 Å². The van der Waals surface area contributed by atoms with Crippen molar-refractivity contribution in [1.82, 2.24) is 0 Å². The van der Waals surface area contributed by atoms with Crippen molar-refractivity contribution in [3.05, 3.63) is 118 Å². The first-order chi connectivity index (χ1) is 19.0. The summed E-state index contributed by atoms with van der Waals surface area (Å²) in [7, 11) is 0. The Kier molecular flexibility index (Phi) is 6.62. The monoisotopic (exact) mass is 562 g/mol. The molecule has 0 aromatic heterocycles. The van der Waals surface area contributed by atoms with Gasteiger partial charge in [0.2, 0.25) is 0 Å². The number of carbonyl (C=O) groups is 2. The fraction of sp³-hybridized carbons (Fsp3) is 0. The molecule has 0 heterocycles. The van der Waals surface area contributed by atoms with Crippen LogP contribution in [-0.4, -0.2) is 11.9 Å². The minimum Gasteiger partial charge on any atom is -0.422 e. The minimum absolute atomic E-state index is 0.152. The van der Waals surface area contributed by atoms with Gasteiger partial charge in [0.25, 0.3) is 0 Å². The standard InChI is InChI=1S/C28H10F8O4/c29-17-9-15(21(31)25(35)23(17)33)27(37)39-19-5-1-3-11-7-14-12(8-13(11)19)4-2-6-20(14)40-28(38)16-10-18(30)24(34)26(36)22(16)32/h1-10H. The summed E-state index contributed by atoms with van der Waals surface area (Å²) in [4.78, 5) is 25.0. The average Bonchev–Trinajstić information content (AvgIpc) is 2.94. The van der Waals surface area contributed by atoms with Gasteiger partial charge in [0.15, 0.2) is 46.5 Å². The van der Waals surface area contributed by atoms with Crippen molar-refractivity contribution >= 4 is 33.5 Å². The molecule has 0 atom stereocenters. The van der Waals surface area contributed by atoms with Gasteiger partial charge in [-0.1, -0.05) is 24.3 Å². The van der Waals surface area contributed by atoms with Crippen LogP contribution < -0.4 is 9.47 Å². The third-order valence-corrected chi connectivity index (χ3v) is 5.85. The largest absolute Gasteiger partial charge is 0.422 e. The van der Waals surface area contributed by atoms with Gasteiger partial charge < -0.3 is 9.47 Å². The van der Waals surface area contributed by atoms with Crippen LogP contribution in [-0.2, 0) is 0 Å². The highest BCUT2D eigenvalue weighted by Gasteiger charge is 2.26. The van der Waals surface area contributed by atoms with E-state index >= 15 is 0 Å². The first-order valence-corrected chi connectivity index (χ1v) is 11.0. The molecule has 0 saturated heterocycles. The molecule has 5 aromatic carbocycles. The highest BCUT2D eigenvalue weighted by molar-refractivity contribution is 6.05. The van der Waals surface area contributed by atoms with E-state index in [1.165, 1.54) is 48.5 Å². The zero-order chi connectivity index (χ0) is 28.9. The van der Waals surface area contributed by atoms with Crippen LogP contribution >= 0.6 is 0 Å². The third kappa shape index (κ3) is 4.46. The highest BCUT2D eigenvalue weighted by atomic mass is 19.2. The summed E-state index contributed by atoms with van der Waals surface area (Å²) in [6.07, 6.45) is 0. The van der Waals surface area contributed by atoms with Gasteiger partial charge in [0.1, 0.15) is 22.6 Å². The van der Waals surface area contributed by atoms with Crippen molar-refractivity contribution in [2.75, 3.05) is 0 Å². The first-order valence-electron chi connectivity index (χ1n) is 11.0. The van der Waals surface area contributed by atoms with E-state index in [2.05, 4.69) is 0 Å². The fourth-order valence-corrected chi connectivity index (χ4v) is 3.92. The molecule has 0 amide bonds. The molecule has 4 nitrogen and oxygen atoms in total. The van der Waals surface area contributed by atoms with E-state index in [1.54, 1.807) is 0 Å². The molecule has 5 rings (SSSR count). The zero-order valence-electron chi connectivity index (χ0n) is 19.4. The minimum atomic E-state index is -2.19. The maximum Gasteiger partial charge on any atom is 0.346 e. The second-order valence-corrected chi connectivity index (χ2v) is 8.28. The number of benzene rings is 5. The molecule has 0 spiro atoms. The molecule has 40 heavy (non-hydrogen) atoms. The van der Waals surface area contributed by atoms with Crippen molar-refractivity contribution in [1.29, 1.82) is 0 Å². The molecule has 12 heteroatoms. The average molecular weight is 562 g/mol. The molecule has 5 aromatic rings. The summed E-state index contributed by atoms with van der Waals surface area (Å²) in [5.74, 6) is -19.5.